The minimum Gasteiger partial charge on any atom is -0.487 e. The van der Waals surface area contributed by atoms with E-state index < -0.39 is 0 Å². The molecule has 4 rings (SSSR count). The van der Waals surface area contributed by atoms with E-state index in [4.69, 9.17) is 4.74 Å². The van der Waals surface area contributed by atoms with Crippen LogP contribution in [0.2, 0.25) is 0 Å². The molecule has 8 heteroatoms. The molecule has 1 fully saturated rings. The Bertz CT molecular complexity index is 1090. The van der Waals surface area contributed by atoms with Crippen LogP contribution in [-0.2, 0) is 6.54 Å². The zero-order valence-corrected chi connectivity index (χ0v) is 16.4. The molecule has 1 amide bonds. The third-order valence-corrected chi connectivity index (χ3v) is 5.07. The highest BCUT2D eigenvalue weighted by Gasteiger charge is 2.24. The molecule has 150 valence electrons. The average Bonchev–Trinajstić information content (AvgIpc) is 3.15. The number of nitrogens with zero attached hydrogens (tertiary/aromatic N) is 3. The molecule has 29 heavy (non-hydrogen) atoms. The molecule has 0 unspecified atom stereocenters. The van der Waals surface area contributed by atoms with Crippen molar-refractivity contribution in [3.05, 3.63) is 63.8 Å². The SMILES string of the molecule is CNC(=O)c1ccc(O[C@@H]2CCN(Cc3cnc4cc(C)c(=O)[nH]c4c3)C2)cn1. The van der Waals surface area contributed by atoms with Gasteiger partial charge in [0.05, 0.1) is 17.2 Å². The van der Waals surface area contributed by atoms with Crippen molar-refractivity contribution < 1.29 is 9.53 Å². The first kappa shape index (κ1) is 19.1. The van der Waals surface area contributed by atoms with Crippen molar-refractivity contribution >= 4 is 16.9 Å². The number of hydrogen-bond donors (Lipinski definition) is 2. The topological polar surface area (TPSA) is 100 Å². The van der Waals surface area contributed by atoms with Gasteiger partial charge in [0.15, 0.2) is 0 Å². The molecule has 3 aromatic rings. The number of aryl methyl sites for hydroxylation is 1. The van der Waals surface area contributed by atoms with Gasteiger partial charge >= 0.3 is 0 Å². The van der Waals surface area contributed by atoms with Gasteiger partial charge < -0.3 is 15.0 Å². The molecule has 1 aliphatic rings. The molecule has 3 aromatic heterocycles. The van der Waals surface area contributed by atoms with Gasteiger partial charge in [-0.15, -0.1) is 0 Å². The maximum Gasteiger partial charge on any atom is 0.269 e. The van der Waals surface area contributed by atoms with Crippen LogP contribution in [0.3, 0.4) is 0 Å². The van der Waals surface area contributed by atoms with Crippen molar-refractivity contribution in [2.75, 3.05) is 20.1 Å². The Morgan fingerprint density at radius 3 is 2.93 bits per heavy atom. The summed E-state index contributed by atoms with van der Waals surface area (Å²) in [5, 5.41) is 2.55. The van der Waals surface area contributed by atoms with Gasteiger partial charge in [0.2, 0.25) is 0 Å². The largest absolute Gasteiger partial charge is 0.487 e. The second-order valence-electron chi connectivity index (χ2n) is 7.28. The zero-order valence-electron chi connectivity index (χ0n) is 16.4. The molecule has 0 bridgehead atoms. The Labute approximate surface area is 167 Å². The Balaban J connectivity index is 1.37. The van der Waals surface area contributed by atoms with E-state index in [0.29, 0.717) is 17.0 Å². The molecule has 2 N–H and O–H groups in total. The van der Waals surface area contributed by atoms with Gasteiger partial charge in [-0.2, -0.15) is 0 Å². The van der Waals surface area contributed by atoms with Crippen LogP contribution in [0, 0.1) is 6.92 Å². The van der Waals surface area contributed by atoms with Crippen molar-refractivity contribution in [2.45, 2.75) is 26.0 Å². The number of rotatable bonds is 5. The Morgan fingerprint density at radius 2 is 2.17 bits per heavy atom. The Hall–Kier alpha value is -3.26. The van der Waals surface area contributed by atoms with Crippen molar-refractivity contribution in [3.8, 4) is 5.75 Å². The second kappa shape index (κ2) is 8.00. The first-order chi connectivity index (χ1) is 14.0. The number of aromatic nitrogens is 3. The summed E-state index contributed by atoms with van der Waals surface area (Å²) in [6.45, 7) is 4.23. The maximum absolute atomic E-state index is 11.8. The number of pyridine rings is 3. The summed E-state index contributed by atoms with van der Waals surface area (Å²) in [6, 6.07) is 7.22. The van der Waals surface area contributed by atoms with Gasteiger partial charge in [0.25, 0.3) is 11.5 Å². The number of H-pyrrole nitrogens is 1. The van der Waals surface area contributed by atoms with Gasteiger partial charge in [0.1, 0.15) is 17.5 Å². The number of fused-ring (bicyclic) bond motifs is 1. The van der Waals surface area contributed by atoms with Crippen LogP contribution in [0.4, 0.5) is 0 Å². The number of likely N-dealkylation sites (tertiary alicyclic amines) is 1. The summed E-state index contributed by atoms with van der Waals surface area (Å²) in [7, 11) is 1.57. The van der Waals surface area contributed by atoms with Crippen molar-refractivity contribution in [2.24, 2.45) is 0 Å². The van der Waals surface area contributed by atoms with Crippen molar-refractivity contribution in [1.29, 1.82) is 0 Å². The summed E-state index contributed by atoms with van der Waals surface area (Å²) >= 11 is 0. The highest BCUT2D eigenvalue weighted by Crippen LogP contribution is 2.20. The molecule has 1 saturated heterocycles. The van der Waals surface area contributed by atoms with E-state index in [2.05, 4.69) is 25.2 Å². The molecule has 1 aliphatic heterocycles. The smallest absolute Gasteiger partial charge is 0.269 e. The number of amides is 1. The molecule has 0 radical (unpaired) electrons. The van der Waals surface area contributed by atoms with Crippen molar-refractivity contribution in [3.63, 3.8) is 0 Å². The molecule has 0 saturated carbocycles. The Kier molecular flexibility index (Phi) is 5.26. The van der Waals surface area contributed by atoms with Crippen LogP contribution in [0.5, 0.6) is 5.75 Å². The van der Waals surface area contributed by atoms with E-state index >= 15 is 0 Å². The normalized spacial score (nSPS) is 16.8. The predicted molar refractivity (Wildman–Crippen MR) is 109 cm³/mol. The second-order valence-corrected chi connectivity index (χ2v) is 7.28. The van der Waals surface area contributed by atoms with Crippen LogP contribution < -0.4 is 15.6 Å². The molecular formula is C21H23N5O3. The number of nitrogens with one attached hydrogen (secondary N) is 2. The van der Waals surface area contributed by atoms with Gasteiger partial charge in [-0.3, -0.25) is 19.5 Å². The van der Waals surface area contributed by atoms with Crippen LogP contribution in [0.15, 0.2) is 41.5 Å². The highest BCUT2D eigenvalue weighted by molar-refractivity contribution is 5.91. The van der Waals surface area contributed by atoms with Gasteiger partial charge in [0, 0.05) is 38.4 Å². The monoisotopic (exact) mass is 393 g/mol. The molecule has 1 atom stereocenters. The quantitative estimate of drug-likeness (QED) is 0.684. The molecule has 0 aromatic carbocycles. The summed E-state index contributed by atoms with van der Waals surface area (Å²) in [6.07, 6.45) is 4.42. The van der Waals surface area contributed by atoms with Crippen LogP contribution in [-0.4, -0.2) is 52.0 Å². The van der Waals surface area contributed by atoms with E-state index in [-0.39, 0.29) is 17.6 Å². The first-order valence-electron chi connectivity index (χ1n) is 9.57. The lowest BCUT2D eigenvalue weighted by Crippen LogP contribution is -2.25. The van der Waals surface area contributed by atoms with Crippen molar-refractivity contribution in [1.82, 2.24) is 25.2 Å². The fourth-order valence-electron chi connectivity index (χ4n) is 3.51. The standard InChI is InChI=1S/C21H23N5O3/c1-13-7-18-19(25-20(13)27)8-14(9-23-18)11-26-6-5-16(12-26)29-15-3-4-17(24-10-15)21(28)22-2/h3-4,7-10,16H,5-6,11-12H2,1-2H3,(H,22,28)(H,25,27)/t16-/m1/s1. The molecule has 0 aliphatic carbocycles. The predicted octanol–water partition coefficient (Wildman–Crippen LogP) is 1.64. The van der Waals surface area contributed by atoms with Crippen LogP contribution in [0.25, 0.3) is 11.0 Å². The van der Waals surface area contributed by atoms with E-state index in [1.54, 1.807) is 38.4 Å². The van der Waals surface area contributed by atoms with E-state index in [1.807, 2.05) is 12.3 Å². The summed E-state index contributed by atoms with van der Waals surface area (Å²) in [4.78, 5) is 37.2. The summed E-state index contributed by atoms with van der Waals surface area (Å²) < 4.78 is 6.01. The third-order valence-electron chi connectivity index (χ3n) is 5.07. The lowest BCUT2D eigenvalue weighted by molar-refractivity contribution is 0.0958. The molecular weight excluding hydrogens is 370 g/mol. The van der Waals surface area contributed by atoms with E-state index in [1.165, 1.54) is 0 Å². The number of carbonyl (C=O) groups excluding carboxylic acids is 1. The lowest BCUT2D eigenvalue weighted by Gasteiger charge is -2.17. The number of aromatic amines is 1. The zero-order chi connectivity index (χ0) is 20.4. The Morgan fingerprint density at radius 1 is 1.31 bits per heavy atom. The van der Waals surface area contributed by atoms with E-state index in [0.717, 1.165) is 42.7 Å². The fraction of sp³-hybridized carbons (Fsp3) is 0.333. The summed E-state index contributed by atoms with van der Waals surface area (Å²) in [5.74, 6) is 0.439. The van der Waals surface area contributed by atoms with Gasteiger partial charge in [-0.1, -0.05) is 0 Å². The average molecular weight is 393 g/mol. The molecule has 8 nitrogen and oxygen atoms in total. The van der Waals surface area contributed by atoms with Crippen LogP contribution in [0.1, 0.15) is 28.0 Å². The van der Waals surface area contributed by atoms with E-state index in [9.17, 15) is 9.59 Å². The summed E-state index contributed by atoms with van der Waals surface area (Å²) in [5.41, 5.74) is 3.55. The highest BCUT2D eigenvalue weighted by atomic mass is 16.5. The number of carbonyl (C=O) groups is 1. The first-order valence-corrected chi connectivity index (χ1v) is 9.57. The number of ether oxygens (including phenoxy) is 1. The van der Waals surface area contributed by atoms with Gasteiger partial charge in [-0.05, 0) is 43.2 Å². The minimum absolute atomic E-state index is 0.0681. The van der Waals surface area contributed by atoms with Crippen LogP contribution >= 0.6 is 0 Å². The fourth-order valence-corrected chi connectivity index (χ4v) is 3.51. The lowest BCUT2D eigenvalue weighted by atomic mass is 10.2. The van der Waals surface area contributed by atoms with Gasteiger partial charge in [-0.25, -0.2) is 4.98 Å². The minimum atomic E-state index is -0.218. The maximum atomic E-state index is 11.8. The molecule has 0 spiro atoms. The molecule has 4 heterocycles. The third kappa shape index (κ3) is 4.27. The number of hydrogen-bond acceptors (Lipinski definition) is 6.